The maximum atomic E-state index is 13.0. The first kappa shape index (κ1) is 14.1. The maximum Gasteiger partial charge on any atom is 0.151 e. The van der Waals surface area contributed by atoms with Crippen LogP contribution in [0.3, 0.4) is 0 Å². The number of sulfone groups is 1. The van der Waals surface area contributed by atoms with Gasteiger partial charge in [-0.05, 0) is 31.0 Å². The molecular weight excluding hydrogens is 243 g/mol. The summed E-state index contributed by atoms with van der Waals surface area (Å²) in [6.07, 6.45) is 1.52. The molecule has 0 amide bonds. The van der Waals surface area contributed by atoms with E-state index in [1.165, 1.54) is 12.1 Å². The predicted molar refractivity (Wildman–Crippen MR) is 65.5 cm³/mol. The van der Waals surface area contributed by atoms with E-state index >= 15 is 0 Å². The van der Waals surface area contributed by atoms with Gasteiger partial charge < -0.3 is 0 Å². The van der Waals surface area contributed by atoms with E-state index in [0.717, 1.165) is 6.26 Å². The minimum atomic E-state index is -3.18. The Balaban J connectivity index is 2.84. The lowest BCUT2D eigenvalue weighted by Gasteiger charge is -2.21. The van der Waals surface area contributed by atoms with Crippen molar-refractivity contribution >= 4 is 9.84 Å². The number of nitrogens with two attached hydrogens (primary N) is 1. The van der Waals surface area contributed by atoms with Crippen LogP contribution >= 0.6 is 0 Å². The smallest absolute Gasteiger partial charge is 0.151 e. The molecule has 0 spiro atoms. The molecule has 1 aromatic rings. The summed E-state index contributed by atoms with van der Waals surface area (Å²) in [7, 11) is -3.18. The Morgan fingerprint density at radius 2 is 2.12 bits per heavy atom. The average Bonchev–Trinajstić information content (AvgIpc) is 2.24. The van der Waals surface area contributed by atoms with E-state index in [1.54, 1.807) is 19.1 Å². The summed E-state index contributed by atoms with van der Waals surface area (Å²) in [6, 6.07) is 5.60. The van der Waals surface area contributed by atoms with Crippen LogP contribution in [0.5, 0.6) is 0 Å². The summed E-state index contributed by atoms with van der Waals surface area (Å²) in [4.78, 5) is 0. The molecule has 4 nitrogen and oxygen atoms in total. The van der Waals surface area contributed by atoms with Gasteiger partial charge in [-0.3, -0.25) is 11.3 Å². The Morgan fingerprint density at radius 1 is 1.47 bits per heavy atom. The van der Waals surface area contributed by atoms with E-state index in [9.17, 15) is 12.8 Å². The lowest BCUT2D eigenvalue weighted by atomic mass is 10.0. The SMILES string of the molecule is CC(C(Cc1cccc(F)c1)NN)S(C)(=O)=O. The molecule has 0 aliphatic heterocycles. The first-order valence-electron chi connectivity index (χ1n) is 5.24. The van der Waals surface area contributed by atoms with Gasteiger partial charge in [-0.2, -0.15) is 0 Å². The molecule has 96 valence electrons. The molecule has 0 aliphatic rings. The Labute approximate surface area is 101 Å². The van der Waals surface area contributed by atoms with Crippen molar-refractivity contribution in [3.63, 3.8) is 0 Å². The van der Waals surface area contributed by atoms with Crippen LogP contribution in [-0.4, -0.2) is 26.0 Å². The van der Waals surface area contributed by atoms with Crippen LogP contribution < -0.4 is 11.3 Å². The summed E-state index contributed by atoms with van der Waals surface area (Å²) in [5, 5.41) is -0.629. The molecule has 1 rings (SSSR count). The first-order chi connectivity index (χ1) is 7.84. The highest BCUT2D eigenvalue weighted by Gasteiger charge is 2.25. The lowest BCUT2D eigenvalue weighted by Crippen LogP contribution is -2.47. The second kappa shape index (κ2) is 5.57. The van der Waals surface area contributed by atoms with E-state index in [1.807, 2.05) is 0 Å². The van der Waals surface area contributed by atoms with Gasteiger partial charge in [0.1, 0.15) is 5.82 Å². The Kier molecular flexibility index (Phi) is 4.62. The largest absolute Gasteiger partial charge is 0.271 e. The second-order valence-corrected chi connectivity index (χ2v) is 6.54. The van der Waals surface area contributed by atoms with Crippen molar-refractivity contribution in [2.45, 2.75) is 24.6 Å². The lowest BCUT2D eigenvalue weighted by molar-refractivity contribution is 0.493. The van der Waals surface area contributed by atoms with Gasteiger partial charge in [0.05, 0.1) is 5.25 Å². The van der Waals surface area contributed by atoms with Gasteiger partial charge in [-0.1, -0.05) is 12.1 Å². The highest BCUT2D eigenvalue weighted by atomic mass is 32.2. The topological polar surface area (TPSA) is 72.2 Å². The molecule has 0 saturated carbocycles. The molecule has 1 aromatic carbocycles. The average molecular weight is 260 g/mol. The van der Waals surface area contributed by atoms with E-state index in [0.29, 0.717) is 12.0 Å². The van der Waals surface area contributed by atoms with Gasteiger partial charge in [-0.15, -0.1) is 0 Å². The zero-order chi connectivity index (χ0) is 13.1. The molecule has 3 N–H and O–H groups in total. The van der Waals surface area contributed by atoms with Crippen LogP contribution in [0.25, 0.3) is 0 Å². The normalized spacial score (nSPS) is 15.5. The van der Waals surface area contributed by atoms with Crippen LogP contribution in [0.1, 0.15) is 12.5 Å². The summed E-state index contributed by atoms with van der Waals surface area (Å²) >= 11 is 0. The third kappa shape index (κ3) is 4.07. The van der Waals surface area contributed by atoms with Crippen molar-refractivity contribution < 1.29 is 12.8 Å². The molecule has 0 aliphatic carbocycles. The van der Waals surface area contributed by atoms with Gasteiger partial charge >= 0.3 is 0 Å². The van der Waals surface area contributed by atoms with Crippen molar-refractivity contribution in [2.75, 3.05) is 6.26 Å². The summed E-state index contributed by atoms with van der Waals surface area (Å²) < 4.78 is 35.8. The highest BCUT2D eigenvalue weighted by molar-refractivity contribution is 7.91. The van der Waals surface area contributed by atoms with Gasteiger partial charge in [-0.25, -0.2) is 12.8 Å². The molecule has 2 unspecified atom stereocenters. The number of hydrogen-bond acceptors (Lipinski definition) is 4. The van der Waals surface area contributed by atoms with Crippen LogP contribution in [0.2, 0.25) is 0 Å². The zero-order valence-corrected chi connectivity index (χ0v) is 10.7. The Hall–Kier alpha value is -0.980. The molecule has 17 heavy (non-hydrogen) atoms. The van der Waals surface area contributed by atoms with Crippen molar-refractivity contribution in [3.8, 4) is 0 Å². The zero-order valence-electron chi connectivity index (χ0n) is 9.85. The van der Waals surface area contributed by atoms with Crippen LogP contribution in [0.4, 0.5) is 4.39 Å². The standard InChI is InChI=1S/C11H17FN2O2S/c1-8(17(2,15)16)11(14-13)7-9-4-3-5-10(12)6-9/h3-6,8,11,14H,7,13H2,1-2H3. The van der Waals surface area contributed by atoms with Crippen molar-refractivity contribution in [2.24, 2.45) is 5.84 Å². The van der Waals surface area contributed by atoms with Crippen LogP contribution in [0.15, 0.2) is 24.3 Å². The van der Waals surface area contributed by atoms with Gasteiger partial charge in [0.25, 0.3) is 0 Å². The Morgan fingerprint density at radius 3 is 2.59 bits per heavy atom. The minimum Gasteiger partial charge on any atom is -0.271 e. The monoisotopic (exact) mass is 260 g/mol. The molecule has 0 bridgehead atoms. The summed E-state index contributed by atoms with van der Waals surface area (Å²) in [6.45, 7) is 1.58. The van der Waals surface area contributed by atoms with Gasteiger partial charge in [0.2, 0.25) is 0 Å². The van der Waals surface area contributed by atoms with E-state index in [-0.39, 0.29) is 5.82 Å². The minimum absolute atomic E-state index is 0.342. The summed E-state index contributed by atoms with van der Waals surface area (Å²) in [5.41, 5.74) is 3.19. The predicted octanol–water partition coefficient (Wildman–Crippen LogP) is 0.633. The number of hydrogen-bond donors (Lipinski definition) is 2. The number of rotatable bonds is 5. The number of halogens is 1. The van der Waals surface area contributed by atoms with Crippen LogP contribution in [-0.2, 0) is 16.3 Å². The molecule has 6 heteroatoms. The molecule has 0 heterocycles. The van der Waals surface area contributed by atoms with Gasteiger partial charge in [0.15, 0.2) is 9.84 Å². The van der Waals surface area contributed by atoms with Gasteiger partial charge in [0, 0.05) is 12.3 Å². The molecular formula is C11H17FN2O2S. The fourth-order valence-electron chi connectivity index (χ4n) is 1.58. The maximum absolute atomic E-state index is 13.0. The Bertz CT molecular complexity index is 476. The highest BCUT2D eigenvalue weighted by Crippen LogP contribution is 2.12. The number of nitrogens with one attached hydrogen (secondary N) is 1. The van der Waals surface area contributed by atoms with E-state index in [2.05, 4.69) is 5.43 Å². The molecule has 0 radical (unpaired) electrons. The van der Waals surface area contributed by atoms with Crippen molar-refractivity contribution in [1.82, 2.24) is 5.43 Å². The second-order valence-electron chi connectivity index (χ2n) is 4.14. The van der Waals surface area contributed by atoms with Crippen LogP contribution in [0, 0.1) is 5.82 Å². The third-order valence-electron chi connectivity index (χ3n) is 2.80. The van der Waals surface area contributed by atoms with E-state index < -0.39 is 21.1 Å². The summed E-state index contributed by atoms with van der Waals surface area (Å²) in [5.74, 6) is 5.01. The molecule has 0 fully saturated rings. The first-order valence-corrected chi connectivity index (χ1v) is 7.19. The molecule has 0 aromatic heterocycles. The third-order valence-corrected chi connectivity index (χ3v) is 4.48. The fourth-order valence-corrected chi connectivity index (χ4v) is 2.35. The number of hydrazine groups is 1. The van der Waals surface area contributed by atoms with Crippen molar-refractivity contribution in [3.05, 3.63) is 35.6 Å². The molecule has 0 saturated heterocycles. The van der Waals surface area contributed by atoms with E-state index in [4.69, 9.17) is 5.84 Å². The fraction of sp³-hybridized carbons (Fsp3) is 0.455. The number of benzene rings is 1. The van der Waals surface area contributed by atoms with Crippen molar-refractivity contribution in [1.29, 1.82) is 0 Å². The molecule has 2 atom stereocenters. The quantitative estimate of drug-likeness (QED) is 0.602.